The van der Waals surface area contributed by atoms with Gasteiger partial charge >= 0.3 is 0 Å². The van der Waals surface area contributed by atoms with Crippen LogP contribution in [-0.2, 0) is 6.42 Å². The first-order valence-electron chi connectivity index (χ1n) is 6.80. The first kappa shape index (κ1) is 13.5. The summed E-state index contributed by atoms with van der Waals surface area (Å²) in [6.45, 7) is 4.23. The summed E-state index contributed by atoms with van der Waals surface area (Å²) in [5.41, 5.74) is 4.75. The monoisotopic (exact) mass is 252 g/mol. The summed E-state index contributed by atoms with van der Waals surface area (Å²) < 4.78 is 0. The molecule has 0 aliphatic rings. The second-order valence-corrected chi connectivity index (χ2v) is 5.14. The Kier molecular flexibility index (Phi) is 4.51. The largest absolute Gasteiger partial charge is 0.294 e. The fourth-order valence-corrected chi connectivity index (χ4v) is 2.43. The lowest BCUT2D eigenvalue weighted by atomic mass is 10.00. The van der Waals surface area contributed by atoms with Gasteiger partial charge in [0.25, 0.3) is 0 Å². The normalized spacial score (nSPS) is 10.4. The molecule has 0 saturated carbocycles. The van der Waals surface area contributed by atoms with Crippen LogP contribution >= 0.6 is 0 Å². The molecule has 0 unspecified atom stereocenters. The van der Waals surface area contributed by atoms with Gasteiger partial charge in [-0.2, -0.15) is 0 Å². The van der Waals surface area contributed by atoms with Crippen LogP contribution in [0.4, 0.5) is 0 Å². The van der Waals surface area contributed by atoms with Gasteiger partial charge in [0.2, 0.25) is 0 Å². The van der Waals surface area contributed by atoms with Crippen LogP contribution in [0, 0.1) is 13.8 Å². The Bertz CT molecular complexity index is 535. The predicted octanol–water partition coefficient (Wildman–Crippen LogP) is 4.51. The molecule has 2 rings (SSSR count). The third-order valence-electron chi connectivity index (χ3n) is 3.25. The van der Waals surface area contributed by atoms with Crippen LogP contribution in [0.2, 0.25) is 0 Å². The lowest BCUT2D eigenvalue weighted by Crippen LogP contribution is -1.99. The van der Waals surface area contributed by atoms with E-state index in [1.54, 1.807) is 0 Å². The molecule has 19 heavy (non-hydrogen) atoms. The lowest BCUT2D eigenvalue weighted by molar-refractivity contribution is 0.0980. The van der Waals surface area contributed by atoms with Gasteiger partial charge in [-0.05, 0) is 32.3 Å². The van der Waals surface area contributed by atoms with Gasteiger partial charge < -0.3 is 0 Å². The maximum atomic E-state index is 12.0. The molecule has 0 aliphatic carbocycles. The quantitative estimate of drug-likeness (QED) is 0.716. The van der Waals surface area contributed by atoms with Gasteiger partial charge in [-0.25, -0.2) is 0 Å². The predicted molar refractivity (Wildman–Crippen MR) is 79.6 cm³/mol. The number of hydrogen-bond acceptors (Lipinski definition) is 1. The van der Waals surface area contributed by atoms with Crippen LogP contribution < -0.4 is 0 Å². The highest BCUT2D eigenvalue weighted by atomic mass is 16.1. The molecule has 0 radical (unpaired) electrons. The van der Waals surface area contributed by atoms with Crippen molar-refractivity contribution < 1.29 is 4.79 Å². The van der Waals surface area contributed by atoms with Gasteiger partial charge in [-0.3, -0.25) is 4.79 Å². The van der Waals surface area contributed by atoms with E-state index in [0.29, 0.717) is 6.42 Å². The van der Waals surface area contributed by atoms with E-state index in [1.807, 2.05) is 30.3 Å². The molecule has 0 fully saturated rings. The topological polar surface area (TPSA) is 17.1 Å². The van der Waals surface area contributed by atoms with Gasteiger partial charge in [0.05, 0.1) is 0 Å². The Labute approximate surface area is 115 Å². The number of aryl methyl sites for hydroxylation is 3. The van der Waals surface area contributed by atoms with Gasteiger partial charge in [-0.15, -0.1) is 0 Å². The highest BCUT2D eigenvalue weighted by molar-refractivity contribution is 5.95. The summed E-state index contributed by atoms with van der Waals surface area (Å²) in [7, 11) is 0. The van der Waals surface area contributed by atoms with Crippen LogP contribution in [0.5, 0.6) is 0 Å². The molecule has 0 heterocycles. The minimum Gasteiger partial charge on any atom is -0.294 e. The average Bonchev–Trinajstić information content (AvgIpc) is 2.38. The molecule has 1 heteroatoms. The van der Waals surface area contributed by atoms with Crippen molar-refractivity contribution in [2.24, 2.45) is 0 Å². The van der Waals surface area contributed by atoms with Crippen LogP contribution in [0.25, 0.3) is 0 Å². The molecule has 98 valence electrons. The van der Waals surface area contributed by atoms with E-state index in [0.717, 1.165) is 18.4 Å². The molecular weight excluding hydrogens is 232 g/mol. The van der Waals surface area contributed by atoms with E-state index >= 15 is 0 Å². The minimum absolute atomic E-state index is 0.241. The minimum atomic E-state index is 0.241. The summed E-state index contributed by atoms with van der Waals surface area (Å²) in [5, 5.41) is 0. The fraction of sp³-hybridized carbons (Fsp3) is 0.278. The zero-order valence-electron chi connectivity index (χ0n) is 11.6. The van der Waals surface area contributed by atoms with E-state index < -0.39 is 0 Å². The second-order valence-electron chi connectivity index (χ2n) is 5.14. The van der Waals surface area contributed by atoms with E-state index in [-0.39, 0.29) is 5.78 Å². The maximum absolute atomic E-state index is 12.0. The van der Waals surface area contributed by atoms with E-state index in [1.165, 1.54) is 16.7 Å². The third-order valence-corrected chi connectivity index (χ3v) is 3.25. The highest BCUT2D eigenvalue weighted by Gasteiger charge is 2.05. The smallest absolute Gasteiger partial charge is 0.162 e. The molecular formula is C18H20O. The van der Waals surface area contributed by atoms with Crippen molar-refractivity contribution >= 4 is 5.78 Å². The van der Waals surface area contributed by atoms with Crippen LogP contribution in [0.1, 0.15) is 39.9 Å². The summed E-state index contributed by atoms with van der Waals surface area (Å²) >= 11 is 0. The standard InChI is InChI=1S/C18H20O/c1-14-11-15(2)13-16(12-14)7-6-10-18(19)17-8-4-3-5-9-17/h3-5,8-9,11-13H,6-7,10H2,1-2H3. The van der Waals surface area contributed by atoms with Crippen molar-refractivity contribution in [1.82, 2.24) is 0 Å². The van der Waals surface area contributed by atoms with Crippen LogP contribution in [0.3, 0.4) is 0 Å². The van der Waals surface area contributed by atoms with Crippen LogP contribution in [-0.4, -0.2) is 5.78 Å². The molecule has 0 saturated heterocycles. The molecule has 0 atom stereocenters. The van der Waals surface area contributed by atoms with Gasteiger partial charge in [0, 0.05) is 12.0 Å². The van der Waals surface area contributed by atoms with Crippen molar-refractivity contribution in [3.05, 3.63) is 70.8 Å². The molecule has 2 aromatic rings. The first-order valence-corrected chi connectivity index (χ1v) is 6.80. The van der Waals surface area contributed by atoms with E-state index in [9.17, 15) is 4.79 Å². The van der Waals surface area contributed by atoms with E-state index in [4.69, 9.17) is 0 Å². The Morgan fingerprint density at radius 3 is 2.21 bits per heavy atom. The van der Waals surface area contributed by atoms with E-state index in [2.05, 4.69) is 32.0 Å². The summed E-state index contributed by atoms with van der Waals surface area (Å²) in [4.78, 5) is 12.0. The highest BCUT2D eigenvalue weighted by Crippen LogP contribution is 2.13. The number of benzene rings is 2. The molecule has 0 spiro atoms. The van der Waals surface area contributed by atoms with Gasteiger partial charge in [-0.1, -0.05) is 59.7 Å². The number of carbonyl (C=O) groups is 1. The number of Topliss-reactive ketones (excluding diaryl/α,β-unsaturated/α-hetero) is 1. The zero-order chi connectivity index (χ0) is 13.7. The van der Waals surface area contributed by atoms with Crippen molar-refractivity contribution in [2.75, 3.05) is 0 Å². The number of carbonyl (C=O) groups excluding carboxylic acids is 1. The molecule has 0 aromatic heterocycles. The Balaban J connectivity index is 1.88. The molecule has 2 aromatic carbocycles. The van der Waals surface area contributed by atoms with Crippen LogP contribution in [0.15, 0.2) is 48.5 Å². The van der Waals surface area contributed by atoms with Gasteiger partial charge in [0.1, 0.15) is 0 Å². The SMILES string of the molecule is Cc1cc(C)cc(CCCC(=O)c2ccccc2)c1. The Morgan fingerprint density at radius 2 is 1.58 bits per heavy atom. The fourth-order valence-electron chi connectivity index (χ4n) is 2.43. The molecule has 0 amide bonds. The van der Waals surface area contributed by atoms with Crippen molar-refractivity contribution in [1.29, 1.82) is 0 Å². The maximum Gasteiger partial charge on any atom is 0.162 e. The summed E-state index contributed by atoms with van der Waals surface area (Å²) in [6, 6.07) is 16.1. The van der Waals surface area contributed by atoms with Crippen molar-refractivity contribution in [3.8, 4) is 0 Å². The lowest BCUT2D eigenvalue weighted by Gasteiger charge is -2.05. The van der Waals surface area contributed by atoms with Crippen molar-refractivity contribution in [3.63, 3.8) is 0 Å². The molecule has 0 bridgehead atoms. The number of hydrogen-bond donors (Lipinski definition) is 0. The summed E-state index contributed by atoms with van der Waals surface area (Å²) in [5.74, 6) is 0.241. The number of ketones is 1. The summed E-state index contributed by atoms with van der Waals surface area (Å²) in [6.07, 6.45) is 2.51. The average molecular weight is 252 g/mol. The third kappa shape index (κ3) is 4.06. The molecule has 0 N–H and O–H groups in total. The van der Waals surface area contributed by atoms with Crippen molar-refractivity contribution in [2.45, 2.75) is 33.1 Å². The zero-order valence-corrected chi connectivity index (χ0v) is 11.6. The van der Waals surface area contributed by atoms with Gasteiger partial charge in [0.15, 0.2) is 5.78 Å². The second kappa shape index (κ2) is 6.33. The number of rotatable bonds is 5. The molecule has 0 aliphatic heterocycles. The molecule has 1 nitrogen and oxygen atoms in total. The Hall–Kier alpha value is -1.89. The Morgan fingerprint density at radius 1 is 0.947 bits per heavy atom. The first-order chi connectivity index (χ1) is 9.15.